The molecule has 1 fully saturated rings. The zero-order valence-corrected chi connectivity index (χ0v) is 27.4. The summed E-state index contributed by atoms with van der Waals surface area (Å²) in [5.41, 5.74) is 6.90. The van der Waals surface area contributed by atoms with Gasteiger partial charge in [-0.2, -0.15) is 0 Å². The van der Waals surface area contributed by atoms with E-state index in [0.717, 1.165) is 75.7 Å². The molecule has 0 spiro atoms. The SMILES string of the molecule is CS(=O)(=O)Nc1ccc(-c2cccc(Cn3c(C4CCCC[C@@H]4C(=O)O)nc4cc(OCc5ccc6ccccc6n5)ccc43)c2)cc1. The van der Waals surface area contributed by atoms with E-state index in [1.54, 1.807) is 12.1 Å². The second kappa shape index (κ2) is 13.1. The molecule has 6 aromatic rings. The minimum Gasteiger partial charge on any atom is -0.487 e. The molecule has 2 atom stereocenters. The number of hydrogen-bond acceptors (Lipinski definition) is 6. The standard InChI is InChI=1S/C38H36N4O5S/c1-48(45,46)41-29-16-13-26(14-17-29)28-9-6-7-25(21-28)23-42-36-20-19-31(47-24-30-18-15-27-8-2-5-12-34(27)39-30)22-35(36)40-37(42)32-10-3-4-11-33(32)38(43)44/h2,5-9,12-22,32-33,41H,3-4,10-11,23-24H2,1H3,(H,43,44)/t32?,33-/m0/s1. The Morgan fingerprint density at radius 1 is 0.875 bits per heavy atom. The fourth-order valence-electron chi connectivity index (χ4n) is 6.73. The Morgan fingerprint density at radius 3 is 2.50 bits per heavy atom. The fraction of sp³-hybridized carbons (Fsp3) is 0.237. The molecule has 0 radical (unpaired) electrons. The number of ether oxygens (including phenoxy) is 1. The maximum absolute atomic E-state index is 12.4. The number of carbonyl (C=O) groups is 1. The Morgan fingerprint density at radius 2 is 1.69 bits per heavy atom. The molecule has 1 unspecified atom stereocenters. The van der Waals surface area contributed by atoms with Gasteiger partial charge in [0.15, 0.2) is 0 Å². The number of carboxylic acids is 1. The van der Waals surface area contributed by atoms with E-state index in [1.165, 1.54) is 0 Å². The third-order valence-corrected chi connectivity index (χ3v) is 9.60. The van der Waals surface area contributed by atoms with Crippen molar-refractivity contribution in [2.24, 2.45) is 5.92 Å². The van der Waals surface area contributed by atoms with Crippen LogP contribution in [0.1, 0.15) is 48.7 Å². The van der Waals surface area contributed by atoms with Crippen molar-refractivity contribution in [3.8, 4) is 16.9 Å². The van der Waals surface area contributed by atoms with Crippen molar-refractivity contribution in [3.63, 3.8) is 0 Å². The highest BCUT2D eigenvalue weighted by molar-refractivity contribution is 7.92. The number of aromatic nitrogens is 3. The van der Waals surface area contributed by atoms with Gasteiger partial charge in [-0.15, -0.1) is 0 Å². The molecule has 1 saturated carbocycles. The first-order valence-electron chi connectivity index (χ1n) is 16.1. The Balaban J connectivity index is 1.20. The van der Waals surface area contributed by atoms with Crippen LogP contribution in [-0.4, -0.2) is 40.3 Å². The number of pyridine rings is 1. The van der Waals surface area contributed by atoms with E-state index in [4.69, 9.17) is 14.7 Å². The molecule has 0 bridgehead atoms. The molecule has 244 valence electrons. The van der Waals surface area contributed by atoms with Crippen LogP contribution >= 0.6 is 0 Å². The Bertz CT molecular complexity index is 2230. The van der Waals surface area contributed by atoms with Gasteiger partial charge in [-0.1, -0.05) is 67.4 Å². The molecule has 9 nitrogen and oxygen atoms in total. The van der Waals surface area contributed by atoms with Crippen molar-refractivity contribution >= 4 is 43.6 Å². The number of para-hydroxylation sites is 1. The Kier molecular flexibility index (Phi) is 8.58. The normalized spacial score (nSPS) is 16.6. The van der Waals surface area contributed by atoms with Crippen molar-refractivity contribution in [2.45, 2.75) is 44.8 Å². The molecule has 2 N–H and O–H groups in total. The maximum atomic E-state index is 12.4. The fourth-order valence-corrected chi connectivity index (χ4v) is 7.29. The number of rotatable bonds is 10. The first-order chi connectivity index (χ1) is 23.2. The van der Waals surface area contributed by atoms with E-state index < -0.39 is 21.9 Å². The minimum absolute atomic E-state index is 0.201. The minimum atomic E-state index is -3.36. The van der Waals surface area contributed by atoms with Crippen LogP contribution in [-0.2, 0) is 28.0 Å². The van der Waals surface area contributed by atoms with Crippen LogP contribution in [0.15, 0.2) is 103 Å². The maximum Gasteiger partial charge on any atom is 0.307 e. The number of carboxylic acid groups (broad SMARTS) is 1. The van der Waals surface area contributed by atoms with Crippen molar-refractivity contribution < 1.29 is 23.1 Å². The van der Waals surface area contributed by atoms with Crippen LogP contribution in [0.4, 0.5) is 5.69 Å². The second-order valence-corrected chi connectivity index (χ2v) is 14.2. The Hall–Kier alpha value is -5.22. The largest absolute Gasteiger partial charge is 0.487 e. The van der Waals surface area contributed by atoms with Crippen molar-refractivity contribution in [1.82, 2.24) is 14.5 Å². The van der Waals surface area contributed by atoms with E-state index in [1.807, 2.05) is 78.9 Å². The summed E-state index contributed by atoms with van der Waals surface area (Å²) in [5.74, 6) is -0.0155. The first kappa shape index (κ1) is 31.4. The molecule has 7 rings (SSSR count). The van der Waals surface area contributed by atoms with Crippen LogP contribution in [0.3, 0.4) is 0 Å². The number of sulfonamides is 1. The zero-order chi connectivity index (χ0) is 33.3. The van der Waals surface area contributed by atoms with Gasteiger partial charge in [0.1, 0.15) is 18.2 Å². The molecule has 1 aliphatic carbocycles. The topological polar surface area (TPSA) is 123 Å². The number of nitrogens with one attached hydrogen (secondary N) is 1. The molecule has 48 heavy (non-hydrogen) atoms. The summed E-state index contributed by atoms with van der Waals surface area (Å²) in [6.45, 7) is 0.823. The quantitative estimate of drug-likeness (QED) is 0.155. The number of anilines is 1. The number of aliphatic carboxylic acids is 1. The van der Waals surface area contributed by atoms with Gasteiger partial charge in [0.2, 0.25) is 10.0 Å². The highest BCUT2D eigenvalue weighted by Crippen LogP contribution is 2.39. The van der Waals surface area contributed by atoms with Gasteiger partial charge in [-0.3, -0.25) is 9.52 Å². The molecular formula is C38H36N4O5S. The van der Waals surface area contributed by atoms with E-state index >= 15 is 0 Å². The summed E-state index contributed by atoms with van der Waals surface area (Å²) < 4.78 is 34.1. The lowest BCUT2D eigenvalue weighted by molar-refractivity contribution is -0.143. The lowest BCUT2D eigenvalue weighted by Gasteiger charge is -2.28. The van der Waals surface area contributed by atoms with Gasteiger partial charge in [0.25, 0.3) is 0 Å². The van der Waals surface area contributed by atoms with Gasteiger partial charge in [-0.05, 0) is 72.0 Å². The number of nitrogens with zero attached hydrogens (tertiary/aromatic N) is 3. The van der Waals surface area contributed by atoms with Crippen molar-refractivity contribution in [1.29, 1.82) is 0 Å². The van der Waals surface area contributed by atoms with Crippen LogP contribution < -0.4 is 9.46 Å². The number of imidazole rings is 1. The monoisotopic (exact) mass is 660 g/mol. The van der Waals surface area contributed by atoms with Crippen molar-refractivity contribution in [2.75, 3.05) is 11.0 Å². The van der Waals surface area contributed by atoms with Gasteiger partial charge >= 0.3 is 5.97 Å². The lowest BCUT2D eigenvalue weighted by atomic mass is 9.78. The van der Waals surface area contributed by atoms with Gasteiger partial charge < -0.3 is 14.4 Å². The van der Waals surface area contributed by atoms with Crippen LogP contribution in [0.25, 0.3) is 33.1 Å². The number of benzene rings is 4. The first-order valence-corrected chi connectivity index (χ1v) is 18.0. The third kappa shape index (κ3) is 6.89. The predicted octanol–water partition coefficient (Wildman–Crippen LogP) is 7.61. The van der Waals surface area contributed by atoms with Crippen LogP contribution in [0, 0.1) is 5.92 Å². The zero-order valence-electron chi connectivity index (χ0n) is 26.5. The molecule has 1 aliphatic rings. The lowest BCUT2D eigenvalue weighted by Crippen LogP contribution is -2.27. The van der Waals surface area contributed by atoms with E-state index in [-0.39, 0.29) is 5.92 Å². The summed E-state index contributed by atoms with van der Waals surface area (Å²) in [5, 5.41) is 11.2. The molecular weight excluding hydrogens is 625 g/mol. The third-order valence-electron chi connectivity index (χ3n) is 9.00. The summed E-state index contributed by atoms with van der Waals surface area (Å²) >= 11 is 0. The van der Waals surface area contributed by atoms with Gasteiger partial charge in [0, 0.05) is 29.6 Å². The van der Waals surface area contributed by atoms with E-state index in [9.17, 15) is 18.3 Å². The number of hydrogen-bond donors (Lipinski definition) is 2. The van der Waals surface area contributed by atoms with E-state index in [0.29, 0.717) is 31.0 Å². The molecule has 2 heterocycles. The average molecular weight is 661 g/mol. The number of fused-ring (bicyclic) bond motifs is 2. The Labute approximate surface area is 279 Å². The van der Waals surface area contributed by atoms with Gasteiger partial charge in [-0.25, -0.2) is 18.4 Å². The molecule has 4 aromatic carbocycles. The predicted molar refractivity (Wildman–Crippen MR) is 188 cm³/mol. The summed E-state index contributed by atoms with van der Waals surface area (Å²) in [6, 6.07) is 33.3. The summed E-state index contributed by atoms with van der Waals surface area (Å²) in [7, 11) is -3.36. The second-order valence-electron chi connectivity index (χ2n) is 12.5. The smallest absolute Gasteiger partial charge is 0.307 e. The molecule has 0 saturated heterocycles. The summed E-state index contributed by atoms with van der Waals surface area (Å²) in [6.07, 6.45) is 4.39. The highest BCUT2D eigenvalue weighted by atomic mass is 32.2. The molecule has 2 aromatic heterocycles. The van der Waals surface area contributed by atoms with Gasteiger partial charge in [0.05, 0.1) is 34.4 Å². The molecule has 10 heteroatoms. The molecule has 0 aliphatic heterocycles. The summed E-state index contributed by atoms with van der Waals surface area (Å²) in [4.78, 5) is 22.2. The highest BCUT2D eigenvalue weighted by Gasteiger charge is 2.35. The molecule has 0 amide bonds. The van der Waals surface area contributed by atoms with Crippen LogP contribution in [0.5, 0.6) is 5.75 Å². The van der Waals surface area contributed by atoms with Crippen molar-refractivity contribution in [3.05, 3.63) is 120 Å². The van der Waals surface area contributed by atoms with E-state index in [2.05, 4.69) is 21.4 Å². The van der Waals surface area contributed by atoms with Crippen LogP contribution in [0.2, 0.25) is 0 Å². The average Bonchev–Trinajstić information content (AvgIpc) is 3.44.